The first-order valence-corrected chi connectivity index (χ1v) is 7.92. The van der Waals surface area contributed by atoms with Gasteiger partial charge in [-0.3, -0.25) is 9.48 Å². The Kier molecular flexibility index (Phi) is 4.11. The average Bonchev–Trinajstić information content (AvgIpc) is 3.24. The van der Waals surface area contributed by atoms with Crippen LogP contribution >= 0.6 is 0 Å². The Labute approximate surface area is 146 Å². The second-order valence-corrected chi connectivity index (χ2v) is 5.87. The largest absolute Gasteiger partial charge is 0.479 e. The average molecular weight is 360 g/mol. The third-order valence-electron chi connectivity index (χ3n) is 4.10. The van der Waals surface area contributed by atoms with E-state index in [1.165, 1.54) is 12.1 Å². The summed E-state index contributed by atoms with van der Waals surface area (Å²) >= 11 is 0. The Hall–Kier alpha value is -3.23. The quantitative estimate of drug-likeness (QED) is 0.699. The van der Waals surface area contributed by atoms with Crippen LogP contribution in [-0.4, -0.2) is 38.8 Å². The van der Waals surface area contributed by atoms with E-state index in [1.54, 1.807) is 15.8 Å². The summed E-state index contributed by atoms with van der Waals surface area (Å²) in [7, 11) is 0. The fraction of sp³-hybridized carbons (Fsp3) is 0.235. The first kappa shape index (κ1) is 16.2. The number of nitrogens with zero attached hydrogens (tertiary/aromatic N) is 4. The van der Waals surface area contributed by atoms with Gasteiger partial charge in [0.2, 0.25) is 0 Å². The minimum absolute atomic E-state index is 0.122. The van der Waals surface area contributed by atoms with E-state index in [1.807, 2.05) is 12.3 Å². The van der Waals surface area contributed by atoms with Crippen molar-refractivity contribution >= 4 is 5.91 Å². The molecule has 0 saturated carbocycles. The fourth-order valence-corrected chi connectivity index (χ4v) is 2.69. The van der Waals surface area contributed by atoms with Gasteiger partial charge in [0.15, 0.2) is 28.8 Å². The third-order valence-corrected chi connectivity index (χ3v) is 4.10. The molecule has 3 aromatic rings. The van der Waals surface area contributed by atoms with Gasteiger partial charge in [0.05, 0.1) is 6.04 Å². The van der Waals surface area contributed by atoms with Crippen LogP contribution in [0.2, 0.25) is 0 Å². The van der Waals surface area contributed by atoms with E-state index in [2.05, 4.69) is 10.3 Å². The van der Waals surface area contributed by atoms with Crippen LogP contribution in [-0.2, 0) is 6.61 Å². The van der Waals surface area contributed by atoms with Crippen molar-refractivity contribution < 1.29 is 22.8 Å². The summed E-state index contributed by atoms with van der Waals surface area (Å²) in [5.41, 5.74) is 0.122. The molecule has 4 rings (SSSR count). The molecule has 7 nitrogen and oxygen atoms in total. The number of aromatic nitrogens is 3. The van der Waals surface area contributed by atoms with E-state index in [9.17, 15) is 13.6 Å². The molecule has 1 amide bonds. The second-order valence-electron chi connectivity index (χ2n) is 5.87. The van der Waals surface area contributed by atoms with Gasteiger partial charge < -0.3 is 14.2 Å². The molecule has 9 heteroatoms. The first-order valence-electron chi connectivity index (χ1n) is 7.92. The Morgan fingerprint density at radius 3 is 2.73 bits per heavy atom. The number of hydrogen-bond donors (Lipinski definition) is 0. The summed E-state index contributed by atoms with van der Waals surface area (Å²) in [6.45, 7) is 0.813. The minimum Gasteiger partial charge on any atom is -0.479 e. The zero-order valence-corrected chi connectivity index (χ0v) is 13.5. The molecular weight excluding hydrogens is 346 g/mol. The second kappa shape index (κ2) is 6.58. The highest BCUT2D eigenvalue weighted by molar-refractivity contribution is 5.92. The molecule has 0 aliphatic carbocycles. The lowest BCUT2D eigenvalue weighted by Crippen LogP contribution is -2.50. The number of halogens is 2. The molecule has 26 heavy (non-hydrogen) atoms. The van der Waals surface area contributed by atoms with Gasteiger partial charge in [-0.25, -0.2) is 8.78 Å². The number of benzene rings is 1. The molecule has 1 aliphatic rings. The predicted molar refractivity (Wildman–Crippen MR) is 84.4 cm³/mol. The van der Waals surface area contributed by atoms with E-state index >= 15 is 0 Å². The molecule has 0 N–H and O–H groups in total. The van der Waals surface area contributed by atoms with Gasteiger partial charge in [-0.05, 0) is 18.2 Å². The van der Waals surface area contributed by atoms with Gasteiger partial charge >= 0.3 is 0 Å². The van der Waals surface area contributed by atoms with Crippen LogP contribution in [0.15, 0.2) is 47.2 Å². The van der Waals surface area contributed by atoms with Gasteiger partial charge in [0.1, 0.15) is 6.61 Å². The molecular formula is C17H14F2N4O3. The summed E-state index contributed by atoms with van der Waals surface area (Å²) in [4.78, 5) is 14.0. The Morgan fingerprint density at radius 1 is 1.27 bits per heavy atom. The standard InChI is InChI=1S/C17H14F2N4O3/c18-13-3-1-4-14(19)16(13)25-10-12-7-15(21-26-12)17(24)22-8-11(9-22)23-6-2-5-20-23/h1-7,11H,8-10H2. The number of ether oxygens (including phenoxy) is 1. The molecule has 134 valence electrons. The smallest absolute Gasteiger partial charge is 0.276 e. The maximum atomic E-state index is 13.5. The SMILES string of the molecule is O=C(c1cc(COc2c(F)cccc2F)on1)N1CC(n2cccn2)C1. The lowest BCUT2D eigenvalue weighted by molar-refractivity contribution is 0.0491. The van der Waals surface area contributed by atoms with Crippen molar-refractivity contribution in [2.24, 2.45) is 0 Å². The number of carbonyl (C=O) groups is 1. The lowest BCUT2D eigenvalue weighted by atomic mass is 10.1. The van der Waals surface area contributed by atoms with Gasteiger partial charge in [0.25, 0.3) is 5.91 Å². The molecule has 3 heterocycles. The van der Waals surface area contributed by atoms with Crippen molar-refractivity contribution in [1.82, 2.24) is 19.8 Å². The number of carbonyl (C=O) groups excluding carboxylic acids is 1. The number of rotatable bonds is 5. The first-order chi connectivity index (χ1) is 12.6. The van der Waals surface area contributed by atoms with Crippen LogP contribution < -0.4 is 4.74 Å². The summed E-state index contributed by atoms with van der Waals surface area (Å²) in [6, 6.07) is 6.80. The molecule has 1 aliphatic heterocycles. The highest BCUT2D eigenvalue weighted by atomic mass is 19.1. The summed E-state index contributed by atoms with van der Waals surface area (Å²) in [5, 5.41) is 7.85. The van der Waals surface area contributed by atoms with Crippen molar-refractivity contribution in [1.29, 1.82) is 0 Å². The Balaban J connectivity index is 1.35. The lowest BCUT2D eigenvalue weighted by Gasteiger charge is -2.38. The normalized spacial score (nSPS) is 14.3. The Bertz CT molecular complexity index is 900. The highest BCUT2D eigenvalue weighted by Gasteiger charge is 2.34. The van der Waals surface area contributed by atoms with Crippen LogP contribution in [0.1, 0.15) is 22.3 Å². The molecule has 1 fully saturated rings. The summed E-state index contributed by atoms with van der Waals surface area (Å²) in [6.07, 6.45) is 3.53. The van der Waals surface area contributed by atoms with Crippen LogP contribution in [0, 0.1) is 11.6 Å². The van der Waals surface area contributed by atoms with E-state index < -0.39 is 17.4 Å². The number of para-hydroxylation sites is 1. The topological polar surface area (TPSA) is 73.4 Å². The van der Waals surface area contributed by atoms with Crippen molar-refractivity contribution in [2.75, 3.05) is 13.1 Å². The summed E-state index contributed by atoms with van der Waals surface area (Å²) in [5.74, 6) is -2.21. The van der Waals surface area contributed by atoms with E-state index in [0.717, 1.165) is 12.1 Å². The number of hydrogen-bond acceptors (Lipinski definition) is 5. The van der Waals surface area contributed by atoms with Gasteiger partial charge in [-0.15, -0.1) is 0 Å². The van der Waals surface area contributed by atoms with Crippen LogP contribution in [0.25, 0.3) is 0 Å². The third kappa shape index (κ3) is 3.03. The molecule has 1 aromatic carbocycles. The number of likely N-dealkylation sites (tertiary alicyclic amines) is 1. The maximum Gasteiger partial charge on any atom is 0.276 e. The fourth-order valence-electron chi connectivity index (χ4n) is 2.69. The minimum atomic E-state index is -0.814. The van der Waals surface area contributed by atoms with Crippen molar-refractivity contribution in [3.05, 3.63) is 65.8 Å². The van der Waals surface area contributed by atoms with Crippen molar-refractivity contribution in [3.8, 4) is 5.75 Å². The van der Waals surface area contributed by atoms with Crippen LogP contribution in [0.5, 0.6) is 5.75 Å². The molecule has 0 bridgehead atoms. The van der Waals surface area contributed by atoms with E-state index in [4.69, 9.17) is 9.26 Å². The molecule has 0 radical (unpaired) electrons. The van der Waals surface area contributed by atoms with Gasteiger partial charge in [-0.1, -0.05) is 11.2 Å². The van der Waals surface area contributed by atoms with Crippen LogP contribution in [0.4, 0.5) is 8.78 Å². The molecule has 1 saturated heterocycles. The van der Waals surface area contributed by atoms with Gasteiger partial charge in [-0.2, -0.15) is 5.10 Å². The number of amides is 1. The zero-order valence-electron chi connectivity index (χ0n) is 13.5. The van der Waals surface area contributed by atoms with E-state index in [0.29, 0.717) is 13.1 Å². The molecule has 0 atom stereocenters. The molecule has 0 spiro atoms. The Morgan fingerprint density at radius 2 is 2.04 bits per heavy atom. The van der Waals surface area contributed by atoms with Gasteiger partial charge in [0, 0.05) is 31.5 Å². The summed E-state index contributed by atoms with van der Waals surface area (Å²) < 4.78 is 39.0. The maximum absolute atomic E-state index is 13.5. The molecule has 0 unspecified atom stereocenters. The zero-order chi connectivity index (χ0) is 18.1. The van der Waals surface area contributed by atoms with Crippen LogP contribution in [0.3, 0.4) is 0 Å². The highest BCUT2D eigenvalue weighted by Crippen LogP contribution is 2.24. The predicted octanol–water partition coefficient (Wildman–Crippen LogP) is 2.43. The van der Waals surface area contributed by atoms with E-state index in [-0.39, 0.29) is 30.0 Å². The monoisotopic (exact) mass is 360 g/mol. The molecule has 2 aromatic heterocycles. The van der Waals surface area contributed by atoms with Crippen molar-refractivity contribution in [3.63, 3.8) is 0 Å². The van der Waals surface area contributed by atoms with Crippen molar-refractivity contribution in [2.45, 2.75) is 12.6 Å².